The molecule has 0 aliphatic heterocycles. The monoisotopic (exact) mass is 351 g/mol. The molecular weight excluding hydrogens is 345 g/mol. The number of aromatic nitrogens is 1. The van der Waals surface area contributed by atoms with Gasteiger partial charge in [-0.15, -0.1) is 0 Å². The zero-order chi connectivity index (χ0) is 14.3. The first-order valence-corrected chi connectivity index (χ1v) is 7.00. The summed E-state index contributed by atoms with van der Waals surface area (Å²) in [6, 6.07) is 9.30. The van der Waals surface area contributed by atoms with Crippen molar-refractivity contribution in [2.24, 2.45) is 0 Å². The molecule has 2 nitrogen and oxygen atoms in total. The summed E-state index contributed by atoms with van der Waals surface area (Å²) in [6.07, 6.45) is 1.64. The van der Waals surface area contributed by atoms with E-state index in [1.165, 1.54) is 18.2 Å². The molecule has 0 amide bonds. The Kier molecular flexibility index (Phi) is 3.36. The van der Waals surface area contributed by atoms with Crippen molar-refractivity contribution < 1.29 is 9.18 Å². The van der Waals surface area contributed by atoms with Gasteiger partial charge < -0.3 is 4.98 Å². The van der Waals surface area contributed by atoms with Gasteiger partial charge >= 0.3 is 0 Å². The zero-order valence-corrected chi connectivity index (χ0v) is 12.4. The van der Waals surface area contributed by atoms with Crippen LogP contribution in [0.5, 0.6) is 0 Å². The summed E-state index contributed by atoms with van der Waals surface area (Å²) < 4.78 is 13.5. The number of hydrogen-bond donors (Lipinski definition) is 1. The molecule has 0 radical (unpaired) electrons. The van der Waals surface area contributed by atoms with Crippen LogP contribution in [0.1, 0.15) is 15.9 Å². The minimum absolute atomic E-state index is 0.189. The van der Waals surface area contributed by atoms with E-state index in [0.29, 0.717) is 20.6 Å². The second kappa shape index (κ2) is 5.04. The van der Waals surface area contributed by atoms with E-state index < -0.39 is 5.82 Å². The first-order chi connectivity index (χ1) is 9.56. The maximum atomic E-state index is 13.1. The van der Waals surface area contributed by atoms with Crippen LogP contribution in [-0.2, 0) is 0 Å². The summed E-state index contributed by atoms with van der Waals surface area (Å²) in [7, 11) is 0. The number of hydrogen-bond acceptors (Lipinski definition) is 1. The van der Waals surface area contributed by atoms with E-state index in [0.717, 1.165) is 10.9 Å². The highest BCUT2D eigenvalue weighted by atomic mass is 79.9. The van der Waals surface area contributed by atoms with E-state index in [1.807, 2.05) is 6.07 Å². The van der Waals surface area contributed by atoms with Gasteiger partial charge in [0.25, 0.3) is 0 Å². The molecule has 1 N–H and O–H groups in total. The highest BCUT2D eigenvalue weighted by Gasteiger charge is 2.17. The van der Waals surface area contributed by atoms with Crippen LogP contribution in [0.3, 0.4) is 0 Å². The third-order valence-electron chi connectivity index (χ3n) is 3.06. The molecule has 3 rings (SSSR count). The standard InChI is InChI=1S/C15H8BrClFNO/c16-13-6-9(18)2-3-10(13)15(20)12-7-19-14-4-1-8(17)5-11(12)14/h1-7,19H. The molecule has 0 bridgehead atoms. The fraction of sp³-hybridized carbons (Fsp3) is 0. The lowest BCUT2D eigenvalue weighted by molar-refractivity contribution is 0.103. The average molecular weight is 353 g/mol. The van der Waals surface area contributed by atoms with Crippen LogP contribution < -0.4 is 0 Å². The summed E-state index contributed by atoms with van der Waals surface area (Å²) >= 11 is 9.18. The summed E-state index contributed by atoms with van der Waals surface area (Å²) in [6.45, 7) is 0. The average Bonchev–Trinajstić information content (AvgIpc) is 2.81. The number of aromatic amines is 1. The van der Waals surface area contributed by atoms with Crippen molar-refractivity contribution in [1.29, 1.82) is 0 Å². The highest BCUT2D eigenvalue weighted by Crippen LogP contribution is 2.27. The number of halogens is 3. The van der Waals surface area contributed by atoms with Crippen LogP contribution in [0.25, 0.3) is 10.9 Å². The summed E-state index contributed by atoms with van der Waals surface area (Å²) in [4.78, 5) is 15.6. The molecule has 1 aromatic heterocycles. The molecule has 0 fully saturated rings. The van der Waals surface area contributed by atoms with E-state index in [9.17, 15) is 9.18 Å². The van der Waals surface area contributed by atoms with Crippen molar-refractivity contribution in [3.05, 3.63) is 69.0 Å². The normalized spacial score (nSPS) is 10.9. The Balaban J connectivity index is 2.15. The molecule has 0 unspecified atom stereocenters. The highest BCUT2D eigenvalue weighted by molar-refractivity contribution is 9.10. The lowest BCUT2D eigenvalue weighted by atomic mass is 10.0. The van der Waals surface area contributed by atoms with Crippen molar-refractivity contribution in [2.45, 2.75) is 0 Å². The lowest BCUT2D eigenvalue weighted by Gasteiger charge is -2.03. The number of nitrogens with one attached hydrogen (secondary N) is 1. The number of rotatable bonds is 2. The maximum absolute atomic E-state index is 13.1. The van der Waals surface area contributed by atoms with Crippen LogP contribution in [0.2, 0.25) is 5.02 Å². The number of ketones is 1. The van der Waals surface area contributed by atoms with Crippen LogP contribution in [-0.4, -0.2) is 10.8 Å². The minimum Gasteiger partial charge on any atom is -0.360 e. The summed E-state index contributed by atoms with van der Waals surface area (Å²) in [5, 5.41) is 1.31. The van der Waals surface area contributed by atoms with Crippen molar-refractivity contribution in [3.63, 3.8) is 0 Å². The molecule has 0 saturated heterocycles. The first kappa shape index (κ1) is 13.3. The molecule has 0 atom stereocenters. The van der Waals surface area contributed by atoms with Gasteiger partial charge in [0.05, 0.1) is 0 Å². The third kappa shape index (κ3) is 2.25. The zero-order valence-electron chi connectivity index (χ0n) is 10.1. The predicted molar refractivity (Wildman–Crippen MR) is 80.8 cm³/mol. The maximum Gasteiger partial charge on any atom is 0.196 e. The molecule has 100 valence electrons. The number of fused-ring (bicyclic) bond motifs is 1. The quantitative estimate of drug-likeness (QED) is 0.650. The fourth-order valence-corrected chi connectivity index (χ4v) is 2.80. The van der Waals surface area contributed by atoms with Gasteiger partial charge in [0, 0.05) is 37.7 Å². The van der Waals surface area contributed by atoms with Crippen molar-refractivity contribution in [2.75, 3.05) is 0 Å². The van der Waals surface area contributed by atoms with Gasteiger partial charge in [-0.2, -0.15) is 0 Å². The smallest absolute Gasteiger partial charge is 0.196 e. The van der Waals surface area contributed by atoms with Gasteiger partial charge in [0.2, 0.25) is 0 Å². The number of carbonyl (C=O) groups is 1. The minimum atomic E-state index is -0.393. The van der Waals surface area contributed by atoms with Gasteiger partial charge in [0.1, 0.15) is 5.82 Å². The SMILES string of the molecule is O=C(c1ccc(F)cc1Br)c1c[nH]c2ccc(Cl)cc12. The van der Waals surface area contributed by atoms with E-state index in [2.05, 4.69) is 20.9 Å². The van der Waals surface area contributed by atoms with Gasteiger partial charge in [-0.3, -0.25) is 4.79 Å². The predicted octanol–water partition coefficient (Wildman–Crippen LogP) is 4.95. The molecule has 0 aliphatic carbocycles. The third-order valence-corrected chi connectivity index (χ3v) is 3.96. The van der Waals surface area contributed by atoms with Crippen LogP contribution in [0.15, 0.2) is 47.1 Å². The number of H-pyrrole nitrogens is 1. The molecule has 20 heavy (non-hydrogen) atoms. The second-order valence-electron chi connectivity index (χ2n) is 4.35. The van der Waals surface area contributed by atoms with Crippen LogP contribution in [0.4, 0.5) is 4.39 Å². The molecule has 0 spiro atoms. The molecule has 1 heterocycles. The Hall–Kier alpha value is -1.65. The molecule has 2 aromatic carbocycles. The van der Waals surface area contributed by atoms with Crippen LogP contribution in [0, 0.1) is 5.82 Å². The number of benzene rings is 2. The van der Waals surface area contributed by atoms with Crippen molar-refractivity contribution in [3.8, 4) is 0 Å². The van der Waals surface area contributed by atoms with E-state index in [-0.39, 0.29) is 5.78 Å². The van der Waals surface area contributed by atoms with Crippen LogP contribution >= 0.6 is 27.5 Å². The summed E-state index contributed by atoms with van der Waals surface area (Å²) in [5.74, 6) is -0.583. The second-order valence-corrected chi connectivity index (χ2v) is 5.64. The van der Waals surface area contributed by atoms with Crippen molar-refractivity contribution >= 4 is 44.2 Å². The fourth-order valence-electron chi connectivity index (χ4n) is 2.10. The Morgan fingerprint density at radius 1 is 1.15 bits per heavy atom. The largest absolute Gasteiger partial charge is 0.360 e. The molecule has 0 aliphatic rings. The van der Waals surface area contributed by atoms with Gasteiger partial charge in [0.15, 0.2) is 5.78 Å². The van der Waals surface area contributed by atoms with Crippen molar-refractivity contribution in [1.82, 2.24) is 4.98 Å². The Labute approximate surface area is 127 Å². The molecule has 0 saturated carbocycles. The lowest BCUT2D eigenvalue weighted by Crippen LogP contribution is -2.01. The van der Waals surface area contributed by atoms with Gasteiger partial charge in [-0.05, 0) is 52.3 Å². The van der Waals surface area contributed by atoms with E-state index in [4.69, 9.17) is 11.6 Å². The molecular formula is C15H8BrClFNO. The Bertz CT molecular complexity index is 828. The van der Waals surface area contributed by atoms with E-state index in [1.54, 1.807) is 18.3 Å². The van der Waals surface area contributed by atoms with E-state index >= 15 is 0 Å². The molecule has 3 aromatic rings. The van der Waals surface area contributed by atoms with Gasteiger partial charge in [-0.1, -0.05) is 11.6 Å². The molecule has 5 heteroatoms. The first-order valence-electron chi connectivity index (χ1n) is 5.82. The van der Waals surface area contributed by atoms with Gasteiger partial charge in [-0.25, -0.2) is 4.39 Å². The topological polar surface area (TPSA) is 32.9 Å². The summed E-state index contributed by atoms with van der Waals surface area (Å²) in [5.41, 5.74) is 1.75. The Morgan fingerprint density at radius 2 is 1.95 bits per heavy atom. The number of carbonyl (C=O) groups excluding carboxylic acids is 1. The Morgan fingerprint density at radius 3 is 2.70 bits per heavy atom.